The minimum Gasteiger partial charge on any atom is -0.316 e. The van der Waals surface area contributed by atoms with E-state index >= 15 is 0 Å². The Balaban J connectivity index is 3.26. The van der Waals surface area contributed by atoms with Crippen LogP contribution in [-0.4, -0.2) is 13.3 Å². The van der Waals surface area contributed by atoms with Gasteiger partial charge in [0.2, 0.25) is 0 Å². The van der Waals surface area contributed by atoms with Crippen molar-refractivity contribution < 1.29 is 9.18 Å². The Morgan fingerprint density at radius 1 is 1.57 bits per heavy atom. The monoisotopic (exact) mass is 193 g/mol. The molecule has 1 rings (SSSR count). The molecular weight excluding hydrogens is 181 g/mol. The van der Waals surface area contributed by atoms with Gasteiger partial charge in [-0.1, -0.05) is 12.7 Å². The van der Waals surface area contributed by atoms with Crippen molar-refractivity contribution in [2.24, 2.45) is 0 Å². The van der Waals surface area contributed by atoms with Crippen LogP contribution in [0, 0.1) is 5.82 Å². The van der Waals surface area contributed by atoms with Crippen LogP contribution in [0.15, 0.2) is 18.7 Å². The van der Waals surface area contributed by atoms with Crippen LogP contribution < -0.4 is 5.32 Å². The van der Waals surface area contributed by atoms with Crippen molar-refractivity contribution in [1.82, 2.24) is 5.32 Å². The van der Waals surface area contributed by atoms with E-state index in [0.717, 1.165) is 0 Å². The van der Waals surface area contributed by atoms with Crippen molar-refractivity contribution in [3.8, 4) is 0 Å². The van der Waals surface area contributed by atoms with Crippen molar-refractivity contribution in [3.05, 3.63) is 41.2 Å². The van der Waals surface area contributed by atoms with E-state index < -0.39 is 0 Å². The summed E-state index contributed by atoms with van der Waals surface area (Å²) in [4.78, 5) is 10.7. The topological polar surface area (TPSA) is 29.1 Å². The van der Waals surface area contributed by atoms with E-state index in [4.69, 9.17) is 0 Å². The molecule has 0 aliphatic carbocycles. The minimum absolute atomic E-state index is 0.345. The predicted molar refractivity (Wildman–Crippen MR) is 54.6 cm³/mol. The van der Waals surface area contributed by atoms with Crippen LogP contribution in [0.2, 0.25) is 0 Å². The third kappa shape index (κ3) is 2.06. The number of aldehydes is 1. The molecular formula is C11H12FNO. The van der Waals surface area contributed by atoms with Gasteiger partial charge in [-0.2, -0.15) is 0 Å². The maximum atomic E-state index is 13.4. The van der Waals surface area contributed by atoms with Gasteiger partial charge in [0.25, 0.3) is 0 Å². The highest BCUT2D eigenvalue weighted by molar-refractivity contribution is 5.79. The van der Waals surface area contributed by atoms with Gasteiger partial charge >= 0.3 is 0 Å². The van der Waals surface area contributed by atoms with Gasteiger partial charge in [0.05, 0.1) is 0 Å². The fraction of sp³-hybridized carbons (Fsp3) is 0.182. The van der Waals surface area contributed by atoms with Crippen LogP contribution in [0.4, 0.5) is 4.39 Å². The second kappa shape index (κ2) is 4.67. The molecule has 0 saturated carbocycles. The molecule has 0 bridgehead atoms. The fourth-order valence-corrected chi connectivity index (χ4v) is 1.27. The molecule has 1 aromatic carbocycles. The van der Waals surface area contributed by atoms with Crippen LogP contribution in [-0.2, 0) is 6.54 Å². The van der Waals surface area contributed by atoms with Gasteiger partial charge < -0.3 is 5.32 Å². The van der Waals surface area contributed by atoms with Crippen LogP contribution in [0.5, 0.6) is 0 Å². The molecule has 0 unspecified atom stereocenters. The predicted octanol–water partition coefficient (Wildman–Crippen LogP) is 2.00. The average Bonchev–Trinajstić information content (AvgIpc) is 2.20. The van der Waals surface area contributed by atoms with Gasteiger partial charge in [-0.3, -0.25) is 4.79 Å². The third-order valence-electron chi connectivity index (χ3n) is 1.97. The van der Waals surface area contributed by atoms with Gasteiger partial charge in [0, 0.05) is 17.7 Å². The Morgan fingerprint density at radius 2 is 2.29 bits per heavy atom. The van der Waals surface area contributed by atoms with Crippen LogP contribution in [0.25, 0.3) is 6.08 Å². The normalized spacial score (nSPS) is 9.86. The van der Waals surface area contributed by atoms with E-state index in [-0.39, 0.29) is 5.82 Å². The molecule has 0 atom stereocenters. The molecule has 2 nitrogen and oxygen atoms in total. The fourth-order valence-electron chi connectivity index (χ4n) is 1.27. The first-order valence-electron chi connectivity index (χ1n) is 4.27. The van der Waals surface area contributed by atoms with E-state index in [1.54, 1.807) is 13.1 Å². The van der Waals surface area contributed by atoms with Crippen LogP contribution >= 0.6 is 0 Å². The van der Waals surface area contributed by atoms with Gasteiger partial charge in [0.15, 0.2) is 6.29 Å². The summed E-state index contributed by atoms with van der Waals surface area (Å²) in [5.41, 5.74) is 1.38. The highest BCUT2D eigenvalue weighted by atomic mass is 19.1. The number of carbonyl (C=O) groups excluding carboxylic acids is 1. The number of rotatable bonds is 4. The van der Waals surface area contributed by atoms with Gasteiger partial charge in [0.1, 0.15) is 5.82 Å². The molecule has 0 spiro atoms. The molecule has 0 saturated heterocycles. The minimum atomic E-state index is -0.376. The lowest BCUT2D eigenvalue weighted by Gasteiger charge is -2.06. The zero-order valence-corrected chi connectivity index (χ0v) is 8.01. The van der Waals surface area contributed by atoms with E-state index in [1.165, 1.54) is 12.1 Å². The first-order valence-corrected chi connectivity index (χ1v) is 4.27. The third-order valence-corrected chi connectivity index (χ3v) is 1.97. The van der Waals surface area contributed by atoms with Crippen molar-refractivity contribution in [3.63, 3.8) is 0 Å². The number of carbonyl (C=O) groups is 1. The summed E-state index contributed by atoms with van der Waals surface area (Å²) >= 11 is 0. The number of halogens is 1. The first kappa shape index (κ1) is 10.6. The lowest BCUT2D eigenvalue weighted by atomic mass is 10.0. The van der Waals surface area contributed by atoms with Gasteiger partial charge in [-0.05, 0) is 24.7 Å². The molecule has 74 valence electrons. The number of hydrogen-bond acceptors (Lipinski definition) is 2. The molecule has 0 heterocycles. The van der Waals surface area contributed by atoms with E-state index in [1.807, 2.05) is 0 Å². The number of hydrogen-bond donors (Lipinski definition) is 1. The molecule has 0 aromatic heterocycles. The van der Waals surface area contributed by atoms with Crippen molar-refractivity contribution >= 4 is 12.4 Å². The quantitative estimate of drug-likeness (QED) is 0.741. The molecule has 0 radical (unpaired) electrons. The second-order valence-electron chi connectivity index (χ2n) is 2.92. The van der Waals surface area contributed by atoms with E-state index in [0.29, 0.717) is 29.5 Å². The van der Waals surface area contributed by atoms with Crippen molar-refractivity contribution in [2.45, 2.75) is 6.54 Å². The molecule has 1 aromatic rings. The number of nitrogens with one attached hydrogen (secondary N) is 1. The summed E-state index contributed by atoms with van der Waals surface area (Å²) < 4.78 is 13.4. The lowest BCUT2D eigenvalue weighted by molar-refractivity contribution is 0.112. The molecule has 0 aliphatic heterocycles. The maximum absolute atomic E-state index is 13.4. The zero-order valence-electron chi connectivity index (χ0n) is 8.01. The Morgan fingerprint density at radius 3 is 2.79 bits per heavy atom. The number of benzene rings is 1. The molecule has 3 heteroatoms. The zero-order chi connectivity index (χ0) is 10.6. The van der Waals surface area contributed by atoms with Gasteiger partial charge in [-0.25, -0.2) is 4.39 Å². The van der Waals surface area contributed by atoms with Crippen LogP contribution in [0.1, 0.15) is 21.5 Å². The summed E-state index contributed by atoms with van der Waals surface area (Å²) in [6.07, 6.45) is 2.17. The van der Waals surface area contributed by atoms with Crippen molar-refractivity contribution in [2.75, 3.05) is 7.05 Å². The van der Waals surface area contributed by atoms with Gasteiger partial charge in [-0.15, -0.1) is 0 Å². The van der Waals surface area contributed by atoms with E-state index in [2.05, 4.69) is 11.9 Å². The highest BCUT2D eigenvalue weighted by Crippen LogP contribution is 2.16. The summed E-state index contributed by atoms with van der Waals surface area (Å²) in [5, 5.41) is 2.81. The largest absolute Gasteiger partial charge is 0.316 e. The second-order valence-corrected chi connectivity index (χ2v) is 2.92. The summed E-state index contributed by atoms with van der Waals surface area (Å²) in [6, 6.07) is 2.99. The Hall–Kier alpha value is -1.48. The SMILES string of the molecule is C=Cc1cc(F)c(CNC)c(C=O)c1. The lowest BCUT2D eigenvalue weighted by Crippen LogP contribution is -2.10. The smallest absolute Gasteiger partial charge is 0.150 e. The summed E-state index contributed by atoms with van der Waals surface area (Å²) in [7, 11) is 1.70. The standard InChI is InChI=1S/C11H12FNO/c1-3-8-4-9(7-14)10(6-13-2)11(12)5-8/h3-5,7,13H,1,6H2,2H3. The van der Waals surface area contributed by atoms with E-state index in [9.17, 15) is 9.18 Å². The van der Waals surface area contributed by atoms with Crippen molar-refractivity contribution in [1.29, 1.82) is 0 Å². The Bertz CT molecular complexity index is 361. The maximum Gasteiger partial charge on any atom is 0.150 e. The molecule has 0 fully saturated rings. The molecule has 1 N–H and O–H groups in total. The molecule has 0 aliphatic rings. The Labute approximate surface area is 82.4 Å². The molecule has 14 heavy (non-hydrogen) atoms. The summed E-state index contributed by atoms with van der Waals surface area (Å²) in [5.74, 6) is -0.376. The molecule has 0 amide bonds. The first-order chi connectivity index (χ1) is 6.72. The summed E-state index contributed by atoms with van der Waals surface area (Å²) in [6.45, 7) is 3.87. The highest BCUT2D eigenvalue weighted by Gasteiger charge is 2.08. The van der Waals surface area contributed by atoms with Crippen LogP contribution in [0.3, 0.4) is 0 Å². The average molecular weight is 193 g/mol. The Kier molecular flexibility index (Phi) is 3.54.